The second-order valence-corrected chi connectivity index (χ2v) is 6.86. The summed E-state index contributed by atoms with van der Waals surface area (Å²) in [6.07, 6.45) is 2.59. The monoisotopic (exact) mass is 313 g/mol. The quantitative estimate of drug-likeness (QED) is 0.705. The van der Waals surface area contributed by atoms with Gasteiger partial charge in [-0.3, -0.25) is 0 Å². The summed E-state index contributed by atoms with van der Waals surface area (Å²) in [7, 11) is 0. The maximum atomic E-state index is 13.2. The smallest absolute Gasteiger partial charge is 0.123 e. The molecule has 0 radical (unpaired) electrons. The molecule has 0 unspecified atom stereocenters. The molecule has 1 aliphatic heterocycles. The molecule has 3 rings (SSSR count). The van der Waals surface area contributed by atoms with E-state index in [1.165, 1.54) is 36.9 Å². The minimum Gasteiger partial charge on any atom is -0.246 e. The Bertz CT molecular complexity index is 672. The van der Waals surface area contributed by atoms with Crippen molar-refractivity contribution in [3.63, 3.8) is 0 Å². The third kappa shape index (κ3) is 3.42. The number of rotatable bonds is 4. The van der Waals surface area contributed by atoms with Gasteiger partial charge in [0.2, 0.25) is 0 Å². The molecular formula is C19H20FNS. The molecule has 1 saturated heterocycles. The number of nitrogens with zero attached hydrogens (tertiary/aromatic N) is 1. The summed E-state index contributed by atoms with van der Waals surface area (Å²) < 4.78 is 15.6. The van der Waals surface area contributed by atoms with Gasteiger partial charge < -0.3 is 0 Å². The average Bonchev–Trinajstić information content (AvgIpc) is 3.00. The van der Waals surface area contributed by atoms with Crippen molar-refractivity contribution in [3.05, 3.63) is 71.6 Å². The van der Waals surface area contributed by atoms with Crippen molar-refractivity contribution in [1.29, 1.82) is 0 Å². The van der Waals surface area contributed by atoms with E-state index in [-0.39, 0.29) is 5.82 Å². The van der Waals surface area contributed by atoms with Gasteiger partial charge in [-0.2, -0.15) is 0 Å². The highest BCUT2D eigenvalue weighted by molar-refractivity contribution is 7.97. The van der Waals surface area contributed by atoms with Crippen molar-refractivity contribution in [3.8, 4) is 0 Å². The minimum atomic E-state index is -0.202. The van der Waals surface area contributed by atoms with E-state index in [1.54, 1.807) is 12.1 Å². The van der Waals surface area contributed by atoms with Crippen LogP contribution in [0.25, 0.3) is 5.57 Å². The fourth-order valence-electron chi connectivity index (χ4n) is 2.77. The predicted molar refractivity (Wildman–Crippen MR) is 92.4 cm³/mol. The lowest BCUT2D eigenvalue weighted by molar-refractivity contribution is 0.586. The summed E-state index contributed by atoms with van der Waals surface area (Å²) in [6, 6.07) is 13.3. The van der Waals surface area contributed by atoms with Gasteiger partial charge in [-0.1, -0.05) is 24.8 Å². The van der Waals surface area contributed by atoms with Gasteiger partial charge >= 0.3 is 0 Å². The van der Waals surface area contributed by atoms with Crippen molar-refractivity contribution in [2.24, 2.45) is 0 Å². The van der Waals surface area contributed by atoms with Crippen LogP contribution in [-0.4, -0.2) is 17.4 Å². The van der Waals surface area contributed by atoms with Gasteiger partial charge in [0, 0.05) is 18.0 Å². The number of aryl methyl sites for hydroxylation is 1. The van der Waals surface area contributed by atoms with Crippen LogP contribution in [0.15, 0.2) is 53.9 Å². The molecule has 1 aliphatic rings. The third-order valence-electron chi connectivity index (χ3n) is 4.02. The molecule has 0 bridgehead atoms. The Hall–Kier alpha value is -1.58. The molecule has 1 nitrogen and oxygen atoms in total. The molecule has 114 valence electrons. The van der Waals surface area contributed by atoms with Gasteiger partial charge in [0.1, 0.15) is 5.82 Å². The lowest BCUT2D eigenvalue weighted by Crippen LogP contribution is -2.08. The SMILES string of the molecule is C=C(c1ccc(SN2CCCC2)cc1)c1ccc(F)cc1C. The van der Waals surface area contributed by atoms with E-state index >= 15 is 0 Å². The van der Waals surface area contributed by atoms with Crippen LogP contribution in [0.4, 0.5) is 4.39 Å². The van der Waals surface area contributed by atoms with Crippen LogP contribution in [0.1, 0.15) is 29.5 Å². The molecule has 0 aliphatic carbocycles. The average molecular weight is 313 g/mol. The highest BCUT2D eigenvalue weighted by atomic mass is 32.2. The molecule has 0 spiro atoms. The first-order valence-corrected chi connectivity index (χ1v) is 8.39. The van der Waals surface area contributed by atoms with Gasteiger partial charge in [0.05, 0.1) is 0 Å². The minimum absolute atomic E-state index is 0.202. The summed E-state index contributed by atoms with van der Waals surface area (Å²) in [6.45, 7) is 8.45. The van der Waals surface area contributed by atoms with Crippen LogP contribution >= 0.6 is 11.9 Å². The molecule has 0 N–H and O–H groups in total. The van der Waals surface area contributed by atoms with Crippen LogP contribution < -0.4 is 0 Å². The van der Waals surface area contributed by atoms with Crippen LogP contribution in [0, 0.1) is 12.7 Å². The number of hydrogen-bond donors (Lipinski definition) is 0. The van der Waals surface area contributed by atoms with Gasteiger partial charge in [0.25, 0.3) is 0 Å². The largest absolute Gasteiger partial charge is 0.246 e. The number of hydrogen-bond acceptors (Lipinski definition) is 2. The molecule has 0 amide bonds. The first kappa shape index (κ1) is 15.3. The van der Waals surface area contributed by atoms with E-state index < -0.39 is 0 Å². The fraction of sp³-hybridized carbons (Fsp3) is 0.263. The fourth-order valence-corrected chi connectivity index (χ4v) is 3.76. The zero-order valence-electron chi connectivity index (χ0n) is 12.8. The summed E-state index contributed by atoms with van der Waals surface area (Å²) >= 11 is 1.83. The molecule has 1 fully saturated rings. The zero-order valence-corrected chi connectivity index (χ0v) is 13.6. The second-order valence-electron chi connectivity index (χ2n) is 5.69. The van der Waals surface area contributed by atoms with E-state index in [2.05, 4.69) is 35.1 Å². The predicted octanol–water partition coefficient (Wildman–Crippen LogP) is 5.30. The molecular weight excluding hydrogens is 293 g/mol. The maximum absolute atomic E-state index is 13.2. The Kier molecular flexibility index (Phi) is 4.65. The van der Waals surface area contributed by atoms with Crippen LogP contribution in [-0.2, 0) is 0 Å². The summed E-state index contributed by atoms with van der Waals surface area (Å²) in [4.78, 5) is 1.26. The Morgan fingerprint density at radius 2 is 1.77 bits per heavy atom. The first-order chi connectivity index (χ1) is 10.6. The summed E-state index contributed by atoms with van der Waals surface area (Å²) in [5.41, 5.74) is 3.94. The van der Waals surface area contributed by atoms with E-state index in [0.29, 0.717) is 0 Å². The molecule has 0 atom stereocenters. The number of benzene rings is 2. The lowest BCUT2D eigenvalue weighted by Gasteiger charge is -2.14. The second kappa shape index (κ2) is 6.67. The van der Waals surface area contributed by atoms with E-state index in [1.807, 2.05) is 18.9 Å². The van der Waals surface area contributed by atoms with Crippen LogP contribution in [0.3, 0.4) is 0 Å². The lowest BCUT2D eigenvalue weighted by atomic mass is 9.96. The van der Waals surface area contributed by atoms with Crippen molar-refractivity contribution in [2.45, 2.75) is 24.7 Å². The van der Waals surface area contributed by atoms with Crippen LogP contribution in [0.5, 0.6) is 0 Å². The highest BCUT2D eigenvalue weighted by Gasteiger charge is 2.13. The van der Waals surface area contributed by atoms with Gasteiger partial charge in [0.15, 0.2) is 0 Å². The summed E-state index contributed by atoms with van der Waals surface area (Å²) in [5.74, 6) is -0.202. The Morgan fingerprint density at radius 1 is 1.09 bits per heavy atom. The van der Waals surface area contributed by atoms with Gasteiger partial charge in [-0.05, 0) is 78.2 Å². The first-order valence-electron chi connectivity index (χ1n) is 7.62. The molecule has 1 heterocycles. The van der Waals surface area contributed by atoms with E-state index in [9.17, 15) is 4.39 Å². The number of halogens is 1. The Labute approximate surface area is 136 Å². The Balaban J connectivity index is 1.75. The normalized spacial score (nSPS) is 15.2. The van der Waals surface area contributed by atoms with E-state index in [0.717, 1.165) is 22.3 Å². The topological polar surface area (TPSA) is 3.24 Å². The Morgan fingerprint density at radius 3 is 2.41 bits per heavy atom. The molecule has 2 aromatic rings. The zero-order chi connectivity index (χ0) is 15.5. The summed E-state index contributed by atoms with van der Waals surface area (Å²) in [5, 5.41) is 0. The van der Waals surface area contributed by atoms with Crippen molar-refractivity contribution < 1.29 is 4.39 Å². The molecule has 22 heavy (non-hydrogen) atoms. The van der Waals surface area contributed by atoms with Gasteiger partial charge in [-0.15, -0.1) is 0 Å². The van der Waals surface area contributed by atoms with Crippen LogP contribution in [0.2, 0.25) is 0 Å². The molecule has 0 saturated carbocycles. The standard InChI is InChI=1S/C19H20FNS/c1-14-13-17(20)7-10-19(14)15(2)16-5-8-18(9-6-16)22-21-11-3-4-12-21/h5-10,13H,2-4,11-12H2,1H3. The van der Waals surface area contributed by atoms with Crippen molar-refractivity contribution in [1.82, 2.24) is 4.31 Å². The molecule has 2 aromatic carbocycles. The van der Waals surface area contributed by atoms with E-state index in [4.69, 9.17) is 0 Å². The molecule has 3 heteroatoms. The maximum Gasteiger partial charge on any atom is 0.123 e. The third-order valence-corrected chi connectivity index (χ3v) is 5.12. The highest BCUT2D eigenvalue weighted by Crippen LogP contribution is 2.30. The van der Waals surface area contributed by atoms with Crippen molar-refractivity contribution in [2.75, 3.05) is 13.1 Å². The van der Waals surface area contributed by atoms with Gasteiger partial charge in [-0.25, -0.2) is 8.70 Å². The molecule has 0 aromatic heterocycles. The van der Waals surface area contributed by atoms with Crippen molar-refractivity contribution >= 4 is 17.5 Å².